The minimum Gasteiger partial charge on any atom is -0.460 e. The SMILES string of the molecule is C=CCOC(=O)[C@H](CCC(=O)OC1(c2ccccc2)c2ccccc2-c2ccccc21)NC(=O)OCC1c2ccccc2-c2ccccc21. The third-order valence-corrected chi connectivity index (χ3v) is 9.25. The average molecular weight is 650 g/mol. The van der Waals surface area contributed by atoms with Gasteiger partial charge in [0, 0.05) is 29.0 Å². The van der Waals surface area contributed by atoms with Crippen LogP contribution < -0.4 is 5.32 Å². The molecule has 0 radical (unpaired) electrons. The van der Waals surface area contributed by atoms with E-state index in [-0.39, 0.29) is 32.0 Å². The van der Waals surface area contributed by atoms with E-state index in [2.05, 4.69) is 24.0 Å². The molecule has 0 bridgehead atoms. The molecule has 5 aromatic rings. The quantitative estimate of drug-likeness (QED) is 0.0889. The molecule has 0 unspecified atom stereocenters. The maximum atomic E-state index is 13.8. The van der Waals surface area contributed by atoms with Crippen molar-refractivity contribution in [2.45, 2.75) is 30.4 Å². The maximum Gasteiger partial charge on any atom is 0.407 e. The van der Waals surface area contributed by atoms with E-state index >= 15 is 0 Å². The first-order valence-electron chi connectivity index (χ1n) is 16.4. The molecule has 0 fully saturated rings. The Morgan fingerprint density at radius 3 is 1.82 bits per heavy atom. The van der Waals surface area contributed by atoms with Gasteiger partial charge in [-0.2, -0.15) is 0 Å². The van der Waals surface area contributed by atoms with Gasteiger partial charge in [0.15, 0.2) is 5.60 Å². The van der Waals surface area contributed by atoms with Gasteiger partial charge >= 0.3 is 18.0 Å². The van der Waals surface area contributed by atoms with E-state index in [9.17, 15) is 14.4 Å². The van der Waals surface area contributed by atoms with Crippen LogP contribution in [0.15, 0.2) is 140 Å². The summed E-state index contributed by atoms with van der Waals surface area (Å²) >= 11 is 0. The van der Waals surface area contributed by atoms with Gasteiger partial charge in [-0.25, -0.2) is 9.59 Å². The lowest BCUT2D eigenvalue weighted by molar-refractivity contribution is -0.154. The van der Waals surface area contributed by atoms with Crippen LogP contribution in [0.2, 0.25) is 0 Å². The summed E-state index contributed by atoms with van der Waals surface area (Å²) in [5.74, 6) is -1.38. The molecular weight excluding hydrogens is 614 g/mol. The minimum absolute atomic E-state index is 0.0448. The lowest BCUT2D eigenvalue weighted by Gasteiger charge is -2.32. The molecule has 0 aliphatic heterocycles. The fraction of sp³-hybridized carbons (Fsp3) is 0.167. The number of esters is 2. The number of alkyl carbamates (subject to hydrolysis) is 1. The standard InChI is InChI=1S/C42H35NO6/c1-2-26-47-40(45)38(43-41(46)48-27-35-31-18-8-6-16-29(31)30-17-7-9-19-32(30)35)24-25-39(44)49-42(28-14-4-3-5-15-28)36-22-12-10-20-33(36)34-21-11-13-23-37(34)42/h2-23,35,38H,1,24-27H2,(H,43,46)/t38-/m0/s1. The molecule has 0 aromatic heterocycles. The van der Waals surface area contributed by atoms with Crippen molar-refractivity contribution in [3.63, 3.8) is 0 Å². The summed E-state index contributed by atoms with van der Waals surface area (Å²) in [4.78, 5) is 40.1. The van der Waals surface area contributed by atoms with Gasteiger partial charge in [-0.05, 0) is 39.8 Å². The predicted octanol–water partition coefficient (Wildman–Crippen LogP) is 7.92. The Labute approximate surface area is 285 Å². The Kier molecular flexibility index (Phi) is 8.81. The molecule has 5 aromatic carbocycles. The van der Waals surface area contributed by atoms with Crippen molar-refractivity contribution in [1.82, 2.24) is 5.32 Å². The topological polar surface area (TPSA) is 90.9 Å². The molecule has 2 aliphatic rings. The Morgan fingerprint density at radius 1 is 0.694 bits per heavy atom. The van der Waals surface area contributed by atoms with Crippen LogP contribution in [0.3, 0.4) is 0 Å². The van der Waals surface area contributed by atoms with Gasteiger partial charge in [-0.1, -0.05) is 140 Å². The van der Waals surface area contributed by atoms with Crippen LogP contribution in [0.1, 0.15) is 46.6 Å². The lowest BCUT2D eigenvalue weighted by Crippen LogP contribution is -2.43. The summed E-state index contributed by atoms with van der Waals surface area (Å²) in [6, 6.07) is 40.4. The van der Waals surface area contributed by atoms with Gasteiger partial charge in [0.05, 0.1) is 0 Å². The second kappa shape index (κ2) is 13.6. The number of carbonyl (C=O) groups is 3. The number of fused-ring (bicyclic) bond motifs is 6. The summed E-state index contributed by atoms with van der Waals surface area (Å²) < 4.78 is 17.5. The molecule has 7 rings (SSSR count). The first-order chi connectivity index (χ1) is 24.0. The summed E-state index contributed by atoms with van der Waals surface area (Å²) in [7, 11) is 0. The normalized spacial score (nSPS) is 14.0. The number of carbonyl (C=O) groups excluding carboxylic acids is 3. The largest absolute Gasteiger partial charge is 0.460 e. The fourth-order valence-corrected chi connectivity index (χ4v) is 7.10. The molecule has 0 saturated heterocycles. The van der Waals surface area contributed by atoms with Crippen molar-refractivity contribution >= 4 is 18.0 Å². The second-order valence-corrected chi connectivity index (χ2v) is 12.1. The summed E-state index contributed by atoms with van der Waals surface area (Å²) in [6.45, 7) is 3.64. The highest BCUT2D eigenvalue weighted by atomic mass is 16.6. The molecule has 0 spiro atoms. The van der Waals surface area contributed by atoms with E-state index in [1.54, 1.807) is 0 Å². The van der Waals surface area contributed by atoms with E-state index in [0.717, 1.165) is 50.1 Å². The van der Waals surface area contributed by atoms with Crippen LogP contribution in [0.5, 0.6) is 0 Å². The molecule has 1 N–H and O–H groups in total. The Balaban J connectivity index is 1.08. The molecule has 7 heteroatoms. The highest BCUT2D eigenvalue weighted by Gasteiger charge is 2.48. The van der Waals surface area contributed by atoms with Crippen molar-refractivity contribution in [3.8, 4) is 22.3 Å². The maximum absolute atomic E-state index is 13.8. The Morgan fingerprint density at radius 2 is 1.22 bits per heavy atom. The van der Waals surface area contributed by atoms with Gasteiger partial charge < -0.3 is 19.5 Å². The molecule has 0 heterocycles. The van der Waals surface area contributed by atoms with Crippen molar-refractivity contribution in [2.75, 3.05) is 13.2 Å². The molecule has 1 amide bonds. The smallest absolute Gasteiger partial charge is 0.407 e. The molecule has 244 valence electrons. The number of amides is 1. The number of ether oxygens (including phenoxy) is 3. The third-order valence-electron chi connectivity index (χ3n) is 9.25. The van der Waals surface area contributed by atoms with Crippen LogP contribution in [-0.4, -0.2) is 37.3 Å². The first-order valence-corrected chi connectivity index (χ1v) is 16.4. The van der Waals surface area contributed by atoms with Crippen LogP contribution in [-0.2, 0) is 29.4 Å². The van der Waals surface area contributed by atoms with E-state index in [0.29, 0.717) is 0 Å². The Bertz CT molecular complexity index is 1950. The summed E-state index contributed by atoms with van der Waals surface area (Å²) in [5.41, 5.74) is 7.66. The fourth-order valence-electron chi connectivity index (χ4n) is 7.10. The third kappa shape index (κ3) is 5.89. The van der Waals surface area contributed by atoms with Crippen LogP contribution in [0, 0.1) is 0 Å². The molecule has 49 heavy (non-hydrogen) atoms. The summed E-state index contributed by atoms with van der Waals surface area (Å²) in [5, 5.41) is 2.64. The number of nitrogens with one attached hydrogen (secondary N) is 1. The lowest BCUT2D eigenvalue weighted by atomic mass is 9.84. The van der Waals surface area contributed by atoms with E-state index in [4.69, 9.17) is 14.2 Å². The molecular formula is C42H35NO6. The van der Waals surface area contributed by atoms with Crippen LogP contribution >= 0.6 is 0 Å². The van der Waals surface area contributed by atoms with E-state index in [1.807, 2.05) is 115 Å². The van der Waals surface area contributed by atoms with Gasteiger partial charge in [0.25, 0.3) is 0 Å². The summed E-state index contributed by atoms with van der Waals surface area (Å²) in [6.07, 6.45) is 0.425. The first kappa shape index (κ1) is 31.6. The average Bonchev–Trinajstić information content (AvgIpc) is 3.62. The number of hydrogen-bond acceptors (Lipinski definition) is 6. The van der Waals surface area contributed by atoms with Crippen LogP contribution in [0.25, 0.3) is 22.3 Å². The second-order valence-electron chi connectivity index (χ2n) is 12.1. The van der Waals surface area contributed by atoms with Gasteiger partial charge in [0.1, 0.15) is 19.3 Å². The zero-order valence-corrected chi connectivity index (χ0v) is 26.8. The van der Waals surface area contributed by atoms with Crippen molar-refractivity contribution < 1.29 is 28.6 Å². The van der Waals surface area contributed by atoms with Crippen molar-refractivity contribution in [3.05, 3.63) is 168 Å². The molecule has 2 aliphatic carbocycles. The predicted molar refractivity (Wildman–Crippen MR) is 187 cm³/mol. The van der Waals surface area contributed by atoms with Gasteiger partial charge in [-0.15, -0.1) is 0 Å². The molecule has 0 saturated carbocycles. The highest BCUT2D eigenvalue weighted by molar-refractivity contribution is 5.86. The zero-order chi connectivity index (χ0) is 33.8. The van der Waals surface area contributed by atoms with E-state index < -0.39 is 29.7 Å². The molecule has 7 nitrogen and oxygen atoms in total. The number of hydrogen-bond donors (Lipinski definition) is 1. The van der Waals surface area contributed by atoms with Crippen LogP contribution in [0.4, 0.5) is 4.79 Å². The number of rotatable bonds is 11. The zero-order valence-electron chi connectivity index (χ0n) is 26.8. The van der Waals surface area contributed by atoms with Crippen molar-refractivity contribution in [1.29, 1.82) is 0 Å². The Hall–Kier alpha value is -5.95. The molecule has 1 atom stereocenters. The van der Waals surface area contributed by atoms with Crippen molar-refractivity contribution in [2.24, 2.45) is 0 Å². The van der Waals surface area contributed by atoms with E-state index in [1.165, 1.54) is 6.08 Å². The van der Waals surface area contributed by atoms with Gasteiger partial charge in [-0.3, -0.25) is 4.79 Å². The monoisotopic (exact) mass is 649 g/mol. The minimum atomic E-state index is -1.19. The van der Waals surface area contributed by atoms with Gasteiger partial charge in [0.2, 0.25) is 0 Å². The highest BCUT2D eigenvalue weighted by Crippen LogP contribution is 2.53. The number of benzene rings is 5.